The molecule has 0 saturated heterocycles. The summed E-state index contributed by atoms with van der Waals surface area (Å²) in [6.07, 6.45) is 0.0741. The van der Waals surface area contributed by atoms with Gasteiger partial charge in [-0.05, 0) is 30.0 Å². The fourth-order valence-corrected chi connectivity index (χ4v) is 1.82. The predicted octanol–water partition coefficient (Wildman–Crippen LogP) is 3.89. The van der Waals surface area contributed by atoms with E-state index in [2.05, 4.69) is 4.98 Å². The summed E-state index contributed by atoms with van der Waals surface area (Å²) in [6.45, 7) is 0. The van der Waals surface area contributed by atoms with Gasteiger partial charge in [-0.25, -0.2) is 4.98 Å². The van der Waals surface area contributed by atoms with Gasteiger partial charge in [0, 0.05) is 12.3 Å². The molecule has 5 heteroatoms. The summed E-state index contributed by atoms with van der Waals surface area (Å²) in [5.41, 5.74) is -0.329. The molecule has 0 atom stereocenters. The van der Waals surface area contributed by atoms with E-state index >= 15 is 0 Å². The quantitative estimate of drug-likeness (QED) is 0.538. The molecule has 0 aromatic carbocycles. The second kappa shape index (κ2) is 4.31. The summed E-state index contributed by atoms with van der Waals surface area (Å²) in [5, 5.41) is 0. The molecule has 1 aliphatic carbocycles. The summed E-state index contributed by atoms with van der Waals surface area (Å²) < 4.78 is 51.2. The van der Waals surface area contributed by atoms with Crippen LogP contribution < -0.4 is 0 Å². The Kier molecular flexibility index (Phi) is 3.00. The van der Waals surface area contributed by atoms with Gasteiger partial charge in [0.1, 0.15) is 0 Å². The molecule has 0 bridgehead atoms. The van der Waals surface area contributed by atoms with Crippen LogP contribution in [0.1, 0.15) is 18.4 Å². The molecule has 0 radical (unpaired) electrons. The molecule has 0 spiro atoms. The summed E-state index contributed by atoms with van der Waals surface area (Å²) in [7, 11) is 0. The third-order valence-corrected chi connectivity index (χ3v) is 2.55. The minimum atomic E-state index is -4.41. The predicted molar refractivity (Wildman–Crippen MR) is 55.5 cm³/mol. The smallest absolute Gasteiger partial charge is 0.228 e. The first-order valence-corrected chi connectivity index (χ1v) is 5.07. The highest BCUT2D eigenvalue weighted by Crippen LogP contribution is 2.38. The lowest BCUT2D eigenvalue weighted by Crippen LogP contribution is -2.14. The number of hydrogen-bond donors (Lipinski definition) is 0. The SMILES string of the molecule is Fc1cc(C2=C(C(F)(F)F)C=CCC2)ccn1. The van der Waals surface area contributed by atoms with E-state index in [-0.39, 0.29) is 17.6 Å². The summed E-state index contributed by atoms with van der Waals surface area (Å²) in [4.78, 5) is 3.33. The molecule has 1 aromatic heterocycles. The van der Waals surface area contributed by atoms with Gasteiger partial charge in [-0.3, -0.25) is 0 Å². The lowest BCUT2D eigenvalue weighted by Gasteiger charge is -2.18. The number of nitrogens with zero attached hydrogens (tertiary/aromatic N) is 1. The third-order valence-electron chi connectivity index (χ3n) is 2.55. The average molecular weight is 243 g/mol. The van der Waals surface area contributed by atoms with Crippen LogP contribution in [0.5, 0.6) is 0 Å². The number of halogens is 4. The van der Waals surface area contributed by atoms with Crippen molar-refractivity contribution in [2.75, 3.05) is 0 Å². The van der Waals surface area contributed by atoms with E-state index < -0.39 is 17.7 Å². The highest BCUT2D eigenvalue weighted by Gasteiger charge is 2.35. The molecule has 2 rings (SSSR count). The first-order valence-electron chi connectivity index (χ1n) is 5.07. The van der Waals surface area contributed by atoms with Crippen LogP contribution in [0.2, 0.25) is 0 Å². The molecule has 0 amide bonds. The van der Waals surface area contributed by atoms with E-state index in [1.807, 2.05) is 0 Å². The van der Waals surface area contributed by atoms with E-state index in [1.165, 1.54) is 18.3 Å². The average Bonchev–Trinajstić information content (AvgIpc) is 2.28. The number of pyridine rings is 1. The molecule has 0 aliphatic heterocycles. The zero-order chi connectivity index (χ0) is 12.5. The topological polar surface area (TPSA) is 12.9 Å². The van der Waals surface area contributed by atoms with Gasteiger partial charge in [0.15, 0.2) is 0 Å². The monoisotopic (exact) mass is 243 g/mol. The maximum absolute atomic E-state index is 12.9. The Morgan fingerprint density at radius 3 is 2.65 bits per heavy atom. The van der Waals surface area contributed by atoms with Gasteiger partial charge in [-0.2, -0.15) is 17.6 Å². The van der Waals surface area contributed by atoms with Crippen molar-refractivity contribution in [2.24, 2.45) is 0 Å². The molecule has 1 nitrogen and oxygen atoms in total. The second-order valence-electron chi connectivity index (χ2n) is 3.70. The Hall–Kier alpha value is -1.65. The van der Waals surface area contributed by atoms with Crippen LogP contribution in [0.4, 0.5) is 17.6 Å². The molecule has 1 aliphatic rings. The van der Waals surface area contributed by atoms with E-state index in [1.54, 1.807) is 0 Å². The van der Waals surface area contributed by atoms with Crippen molar-refractivity contribution in [2.45, 2.75) is 19.0 Å². The lowest BCUT2D eigenvalue weighted by molar-refractivity contribution is -0.0879. The van der Waals surface area contributed by atoms with Crippen LogP contribution in [-0.4, -0.2) is 11.2 Å². The number of aromatic nitrogens is 1. The van der Waals surface area contributed by atoms with Crippen molar-refractivity contribution in [1.29, 1.82) is 0 Å². The summed E-state index contributed by atoms with van der Waals surface area (Å²) in [5.74, 6) is -0.772. The third kappa shape index (κ3) is 2.54. The van der Waals surface area contributed by atoms with E-state index in [0.717, 1.165) is 12.1 Å². The van der Waals surface area contributed by atoms with Crippen molar-refractivity contribution in [3.05, 3.63) is 47.6 Å². The summed E-state index contributed by atoms with van der Waals surface area (Å²) in [6, 6.07) is 2.42. The van der Waals surface area contributed by atoms with Crippen molar-refractivity contribution >= 4 is 5.57 Å². The Balaban J connectivity index is 2.54. The minimum absolute atomic E-state index is 0.126. The number of rotatable bonds is 1. The minimum Gasteiger partial charge on any atom is -0.228 e. The first kappa shape index (κ1) is 11.8. The normalized spacial score (nSPS) is 16.5. The van der Waals surface area contributed by atoms with Gasteiger partial charge in [-0.1, -0.05) is 12.2 Å². The standard InChI is InChI=1S/C12H9F4N/c13-11-7-8(5-6-17-11)9-3-1-2-4-10(9)12(14,15)16/h2,4-7H,1,3H2. The van der Waals surface area contributed by atoms with Gasteiger partial charge in [0.2, 0.25) is 5.95 Å². The first-order chi connectivity index (χ1) is 7.98. The van der Waals surface area contributed by atoms with Gasteiger partial charge in [0.05, 0.1) is 5.57 Å². The van der Waals surface area contributed by atoms with Gasteiger partial charge < -0.3 is 0 Å². The molecular weight excluding hydrogens is 234 g/mol. The van der Waals surface area contributed by atoms with E-state index in [4.69, 9.17) is 0 Å². The van der Waals surface area contributed by atoms with Crippen LogP contribution >= 0.6 is 0 Å². The fourth-order valence-electron chi connectivity index (χ4n) is 1.82. The molecule has 0 N–H and O–H groups in total. The Labute approximate surface area is 95.5 Å². The number of hydrogen-bond acceptors (Lipinski definition) is 1. The largest absolute Gasteiger partial charge is 0.416 e. The van der Waals surface area contributed by atoms with E-state index in [0.29, 0.717) is 6.42 Å². The Bertz CT molecular complexity index is 486. The molecule has 0 unspecified atom stereocenters. The van der Waals surface area contributed by atoms with Crippen LogP contribution in [0.15, 0.2) is 36.1 Å². The molecule has 90 valence electrons. The molecule has 1 heterocycles. The van der Waals surface area contributed by atoms with Crippen molar-refractivity contribution in [3.63, 3.8) is 0 Å². The van der Waals surface area contributed by atoms with E-state index in [9.17, 15) is 17.6 Å². The maximum Gasteiger partial charge on any atom is 0.416 e. The lowest BCUT2D eigenvalue weighted by atomic mass is 9.92. The van der Waals surface area contributed by atoms with Gasteiger partial charge >= 0.3 is 6.18 Å². The molecule has 1 aromatic rings. The molecule has 0 saturated carbocycles. The van der Waals surface area contributed by atoms with Crippen LogP contribution in [0, 0.1) is 5.95 Å². The Morgan fingerprint density at radius 2 is 2.00 bits per heavy atom. The maximum atomic E-state index is 12.9. The van der Waals surface area contributed by atoms with Crippen LogP contribution in [-0.2, 0) is 0 Å². The van der Waals surface area contributed by atoms with Crippen LogP contribution in [0.3, 0.4) is 0 Å². The zero-order valence-electron chi connectivity index (χ0n) is 8.76. The zero-order valence-corrected chi connectivity index (χ0v) is 8.76. The highest BCUT2D eigenvalue weighted by molar-refractivity contribution is 5.73. The summed E-state index contributed by atoms with van der Waals surface area (Å²) >= 11 is 0. The fraction of sp³-hybridized carbons (Fsp3) is 0.250. The van der Waals surface area contributed by atoms with Crippen LogP contribution in [0.25, 0.3) is 5.57 Å². The Morgan fingerprint density at radius 1 is 1.24 bits per heavy atom. The molecule has 0 fully saturated rings. The van der Waals surface area contributed by atoms with Gasteiger partial charge in [-0.15, -0.1) is 0 Å². The van der Waals surface area contributed by atoms with Crippen molar-refractivity contribution < 1.29 is 17.6 Å². The molecular formula is C12H9F4N. The number of alkyl halides is 3. The van der Waals surface area contributed by atoms with Crippen molar-refractivity contribution in [1.82, 2.24) is 4.98 Å². The second-order valence-corrected chi connectivity index (χ2v) is 3.70. The molecule has 17 heavy (non-hydrogen) atoms. The van der Waals surface area contributed by atoms with Gasteiger partial charge in [0.25, 0.3) is 0 Å². The highest BCUT2D eigenvalue weighted by atomic mass is 19.4. The van der Waals surface area contributed by atoms with Crippen molar-refractivity contribution in [3.8, 4) is 0 Å². The number of allylic oxidation sites excluding steroid dienone is 4.